The zero-order valence-corrected chi connectivity index (χ0v) is 10.1. The molecule has 0 heterocycles. The summed E-state index contributed by atoms with van der Waals surface area (Å²) in [5.41, 5.74) is 5.61. The van der Waals surface area contributed by atoms with Crippen LogP contribution in [0.3, 0.4) is 0 Å². The van der Waals surface area contributed by atoms with Gasteiger partial charge in [0.1, 0.15) is 10.7 Å². The molecule has 0 unspecified atom stereocenters. The fourth-order valence-electron chi connectivity index (χ4n) is 1.18. The molecule has 92 valence electrons. The second-order valence-electron chi connectivity index (χ2n) is 3.26. The number of halogens is 1. The van der Waals surface area contributed by atoms with Crippen molar-refractivity contribution in [3.05, 3.63) is 24.0 Å². The van der Waals surface area contributed by atoms with Crippen LogP contribution in [-0.2, 0) is 10.0 Å². The van der Waals surface area contributed by atoms with Crippen molar-refractivity contribution in [1.29, 1.82) is 0 Å². The van der Waals surface area contributed by atoms with Crippen molar-refractivity contribution in [3.8, 4) is 11.8 Å². The van der Waals surface area contributed by atoms with E-state index in [1.165, 1.54) is 6.07 Å². The van der Waals surface area contributed by atoms with E-state index in [1.54, 1.807) is 6.92 Å². The van der Waals surface area contributed by atoms with Crippen LogP contribution in [0.4, 0.5) is 10.1 Å². The summed E-state index contributed by atoms with van der Waals surface area (Å²) in [5, 5.41) is 0. The number of hydrogen-bond acceptors (Lipinski definition) is 3. The van der Waals surface area contributed by atoms with Crippen molar-refractivity contribution in [1.82, 2.24) is 4.72 Å². The molecule has 3 N–H and O–H groups in total. The lowest BCUT2D eigenvalue weighted by Gasteiger charge is -2.06. The summed E-state index contributed by atoms with van der Waals surface area (Å²) < 4.78 is 39.0. The van der Waals surface area contributed by atoms with E-state index >= 15 is 0 Å². The van der Waals surface area contributed by atoms with Crippen LogP contribution in [0.5, 0.6) is 0 Å². The summed E-state index contributed by atoms with van der Waals surface area (Å²) >= 11 is 0. The maximum absolute atomic E-state index is 13.3. The summed E-state index contributed by atoms with van der Waals surface area (Å²) in [6, 6.07) is 3.41. The smallest absolute Gasteiger partial charge is 0.243 e. The van der Waals surface area contributed by atoms with Gasteiger partial charge in [-0.15, -0.1) is 11.8 Å². The molecule has 4 nitrogen and oxygen atoms in total. The van der Waals surface area contributed by atoms with Crippen LogP contribution in [0.25, 0.3) is 0 Å². The third-order valence-electron chi connectivity index (χ3n) is 1.96. The normalized spacial score (nSPS) is 10.7. The summed E-state index contributed by atoms with van der Waals surface area (Å²) in [6.07, 6.45) is 0.375. The van der Waals surface area contributed by atoms with Crippen molar-refractivity contribution in [3.63, 3.8) is 0 Å². The minimum Gasteiger partial charge on any atom is -0.399 e. The lowest BCUT2D eigenvalue weighted by atomic mass is 10.3. The summed E-state index contributed by atoms with van der Waals surface area (Å²) in [6.45, 7) is 1.80. The van der Waals surface area contributed by atoms with Crippen LogP contribution in [0.1, 0.15) is 13.3 Å². The van der Waals surface area contributed by atoms with Crippen molar-refractivity contribution >= 4 is 15.7 Å². The molecule has 0 radical (unpaired) electrons. The van der Waals surface area contributed by atoms with Crippen molar-refractivity contribution in [2.75, 3.05) is 12.3 Å². The van der Waals surface area contributed by atoms with Crippen LogP contribution in [0.15, 0.2) is 23.1 Å². The Kier molecular flexibility index (Phi) is 4.49. The minimum atomic E-state index is -3.87. The molecule has 0 fully saturated rings. The first-order valence-electron chi connectivity index (χ1n) is 4.91. The van der Waals surface area contributed by atoms with Gasteiger partial charge in [-0.3, -0.25) is 0 Å². The molecular weight excluding hydrogens is 243 g/mol. The van der Waals surface area contributed by atoms with E-state index in [9.17, 15) is 12.8 Å². The molecule has 0 spiro atoms. The van der Waals surface area contributed by atoms with Gasteiger partial charge in [-0.25, -0.2) is 17.5 Å². The topological polar surface area (TPSA) is 72.2 Å². The Morgan fingerprint density at radius 3 is 2.82 bits per heavy atom. The lowest BCUT2D eigenvalue weighted by molar-refractivity contribution is 0.558. The summed E-state index contributed by atoms with van der Waals surface area (Å²) in [5.74, 6) is 4.51. The van der Waals surface area contributed by atoms with E-state index in [2.05, 4.69) is 16.6 Å². The van der Waals surface area contributed by atoms with Gasteiger partial charge < -0.3 is 5.73 Å². The van der Waals surface area contributed by atoms with Crippen molar-refractivity contribution in [2.45, 2.75) is 18.2 Å². The highest BCUT2D eigenvalue weighted by molar-refractivity contribution is 7.89. The molecule has 0 aliphatic rings. The largest absolute Gasteiger partial charge is 0.399 e. The van der Waals surface area contributed by atoms with E-state index in [-0.39, 0.29) is 12.2 Å². The zero-order valence-electron chi connectivity index (χ0n) is 9.33. The highest BCUT2D eigenvalue weighted by atomic mass is 32.2. The predicted octanol–water partition coefficient (Wildman–Crippen LogP) is 1.10. The molecule has 0 aliphatic carbocycles. The van der Waals surface area contributed by atoms with E-state index < -0.39 is 20.7 Å². The van der Waals surface area contributed by atoms with Gasteiger partial charge in [-0.05, 0) is 25.1 Å². The molecule has 1 rings (SSSR count). The molecule has 0 bridgehead atoms. The van der Waals surface area contributed by atoms with Gasteiger partial charge in [0, 0.05) is 18.7 Å². The first kappa shape index (κ1) is 13.5. The molecule has 17 heavy (non-hydrogen) atoms. The van der Waals surface area contributed by atoms with Gasteiger partial charge in [0.15, 0.2) is 0 Å². The number of benzene rings is 1. The van der Waals surface area contributed by atoms with Crippen LogP contribution in [-0.4, -0.2) is 15.0 Å². The molecule has 0 aromatic heterocycles. The van der Waals surface area contributed by atoms with Gasteiger partial charge >= 0.3 is 0 Å². The number of nitrogens with two attached hydrogens (primary N) is 1. The maximum Gasteiger partial charge on any atom is 0.243 e. The van der Waals surface area contributed by atoms with Gasteiger partial charge in [0.25, 0.3) is 0 Å². The zero-order chi connectivity index (χ0) is 12.9. The second-order valence-corrected chi connectivity index (χ2v) is 5.00. The number of sulfonamides is 1. The number of hydrogen-bond donors (Lipinski definition) is 2. The highest BCUT2D eigenvalue weighted by Gasteiger charge is 2.18. The number of rotatable bonds is 4. The van der Waals surface area contributed by atoms with E-state index in [0.29, 0.717) is 6.42 Å². The molecule has 0 saturated carbocycles. The van der Waals surface area contributed by atoms with Crippen LogP contribution >= 0.6 is 0 Å². The molecule has 0 saturated heterocycles. The molecular formula is C11H13FN2O2S. The fraction of sp³-hybridized carbons (Fsp3) is 0.273. The number of nitrogens with one attached hydrogen (secondary N) is 1. The number of nitrogen functional groups attached to an aromatic ring is 1. The fourth-order valence-corrected chi connectivity index (χ4v) is 2.32. The lowest BCUT2D eigenvalue weighted by Crippen LogP contribution is -2.25. The van der Waals surface area contributed by atoms with Gasteiger partial charge in [-0.1, -0.05) is 0 Å². The Bertz CT molecular complexity index is 559. The van der Waals surface area contributed by atoms with E-state index in [1.807, 2.05) is 0 Å². The average Bonchev–Trinajstić information content (AvgIpc) is 2.28. The maximum atomic E-state index is 13.3. The Morgan fingerprint density at radius 1 is 1.47 bits per heavy atom. The quantitative estimate of drug-likeness (QED) is 0.481. The average molecular weight is 256 g/mol. The van der Waals surface area contributed by atoms with Gasteiger partial charge in [0.2, 0.25) is 10.0 Å². The SMILES string of the molecule is CC#CCCNS(=O)(=O)c1cc(N)ccc1F. The molecule has 6 heteroatoms. The Labute approximate surface area is 100 Å². The van der Waals surface area contributed by atoms with Crippen LogP contribution in [0.2, 0.25) is 0 Å². The third-order valence-corrected chi connectivity index (χ3v) is 3.44. The van der Waals surface area contributed by atoms with Crippen LogP contribution in [0, 0.1) is 17.7 Å². The number of anilines is 1. The van der Waals surface area contributed by atoms with Gasteiger partial charge in [-0.2, -0.15) is 0 Å². The van der Waals surface area contributed by atoms with Crippen molar-refractivity contribution in [2.24, 2.45) is 0 Å². The standard InChI is InChI=1S/C11H13FN2O2S/c1-2-3-4-7-14-17(15,16)11-8-9(13)5-6-10(11)12/h5-6,8,14H,4,7,13H2,1H3. The molecule has 0 amide bonds. The summed E-state index contributed by atoms with van der Waals surface area (Å²) in [7, 11) is -3.87. The molecule has 1 aromatic rings. The first-order valence-corrected chi connectivity index (χ1v) is 6.40. The molecule has 1 aromatic carbocycles. The third kappa shape index (κ3) is 3.73. The monoisotopic (exact) mass is 256 g/mol. The Hall–Kier alpha value is -1.58. The van der Waals surface area contributed by atoms with Crippen LogP contribution < -0.4 is 10.5 Å². The molecule has 0 aliphatic heterocycles. The van der Waals surface area contributed by atoms with E-state index in [4.69, 9.17) is 5.73 Å². The minimum absolute atomic E-state index is 0.136. The van der Waals surface area contributed by atoms with E-state index in [0.717, 1.165) is 12.1 Å². The Morgan fingerprint density at radius 2 is 2.18 bits per heavy atom. The molecule has 0 atom stereocenters. The predicted molar refractivity (Wildman–Crippen MR) is 64.1 cm³/mol. The first-order chi connectivity index (χ1) is 7.97. The second kappa shape index (κ2) is 5.66. The highest BCUT2D eigenvalue weighted by Crippen LogP contribution is 2.17. The Balaban J connectivity index is 2.88. The summed E-state index contributed by atoms with van der Waals surface area (Å²) in [4.78, 5) is -0.443. The van der Waals surface area contributed by atoms with Crippen molar-refractivity contribution < 1.29 is 12.8 Å². The van der Waals surface area contributed by atoms with Gasteiger partial charge in [0.05, 0.1) is 0 Å².